The predicted molar refractivity (Wildman–Crippen MR) is 79.6 cm³/mol. The first-order valence-corrected chi connectivity index (χ1v) is 7.09. The molecule has 0 saturated carbocycles. The Hall–Kier alpha value is -1.36. The molecule has 1 saturated heterocycles. The number of likely N-dealkylation sites (N-methyl/N-ethyl adjacent to an activating group) is 1. The molecular weight excluding hydrogens is 276 g/mol. The molecule has 0 N–H and O–H groups in total. The van der Waals surface area contributed by atoms with Crippen molar-refractivity contribution in [3.63, 3.8) is 0 Å². The van der Waals surface area contributed by atoms with Gasteiger partial charge in [-0.15, -0.1) is 0 Å². The number of hydrogen-bond acceptors (Lipinski definition) is 3. The topological polar surface area (TPSA) is 34.5 Å². The highest BCUT2D eigenvalue weighted by atomic mass is 35.5. The van der Waals surface area contributed by atoms with Gasteiger partial charge in [-0.05, 0) is 19.2 Å². The van der Waals surface area contributed by atoms with Crippen molar-refractivity contribution in [3.8, 4) is 0 Å². The maximum atomic E-state index is 11.2. The summed E-state index contributed by atoms with van der Waals surface area (Å²) in [5.74, 6) is 0. The third-order valence-corrected chi connectivity index (χ3v) is 3.98. The summed E-state index contributed by atoms with van der Waals surface area (Å²) in [5, 5.41) is 1.62. The molecule has 0 amide bonds. The zero-order valence-electron chi connectivity index (χ0n) is 11.4. The number of carbonyl (C=O) groups is 1. The monoisotopic (exact) mass is 292 g/mol. The third kappa shape index (κ3) is 2.59. The van der Waals surface area contributed by atoms with Crippen LogP contribution < -0.4 is 0 Å². The molecule has 0 radical (unpaired) electrons. The molecule has 2 heterocycles. The lowest BCUT2D eigenvalue weighted by Crippen LogP contribution is -2.41. The molecule has 2 aromatic rings. The standard InChI is InChI=1S/C15H17ClN2O2/c1-17-4-5-20-13(8-17)9-18-7-11(10-19)14-3-2-12(16)6-15(14)18/h2-3,6-7,10,13H,4-5,8-9H2,1H3. The molecule has 1 unspecified atom stereocenters. The highest BCUT2D eigenvalue weighted by Crippen LogP contribution is 2.24. The highest BCUT2D eigenvalue weighted by Gasteiger charge is 2.19. The molecular formula is C15H17ClN2O2. The maximum Gasteiger partial charge on any atom is 0.152 e. The van der Waals surface area contributed by atoms with Gasteiger partial charge >= 0.3 is 0 Å². The average molecular weight is 293 g/mol. The number of nitrogens with zero attached hydrogens (tertiary/aromatic N) is 2. The van der Waals surface area contributed by atoms with E-state index in [9.17, 15) is 4.79 Å². The quantitative estimate of drug-likeness (QED) is 0.815. The van der Waals surface area contributed by atoms with Gasteiger partial charge in [-0.3, -0.25) is 4.79 Å². The molecule has 3 rings (SSSR count). The van der Waals surface area contributed by atoms with Gasteiger partial charge in [0.2, 0.25) is 0 Å². The summed E-state index contributed by atoms with van der Waals surface area (Å²) in [7, 11) is 2.09. The van der Waals surface area contributed by atoms with Gasteiger partial charge in [0.05, 0.1) is 24.8 Å². The van der Waals surface area contributed by atoms with Gasteiger partial charge < -0.3 is 14.2 Å². The molecule has 106 valence electrons. The number of rotatable bonds is 3. The molecule has 1 aromatic heterocycles. The fraction of sp³-hybridized carbons (Fsp3) is 0.400. The molecule has 1 aliphatic heterocycles. The van der Waals surface area contributed by atoms with Crippen molar-refractivity contribution in [1.29, 1.82) is 0 Å². The number of halogens is 1. The molecule has 5 heteroatoms. The average Bonchev–Trinajstić information content (AvgIpc) is 2.76. The molecule has 4 nitrogen and oxygen atoms in total. The van der Waals surface area contributed by atoms with Crippen molar-refractivity contribution in [2.75, 3.05) is 26.7 Å². The Kier molecular flexibility index (Phi) is 3.78. The van der Waals surface area contributed by atoms with Crippen molar-refractivity contribution in [2.45, 2.75) is 12.6 Å². The zero-order chi connectivity index (χ0) is 14.1. The van der Waals surface area contributed by atoms with Crippen LogP contribution in [-0.2, 0) is 11.3 Å². The lowest BCUT2D eigenvalue weighted by atomic mass is 10.2. The lowest BCUT2D eigenvalue weighted by molar-refractivity contribution is -0.0269. The second-order valence-electron chi connectivity index (χ2n) is 5.27. The number of carbonyl (C=O) groups excluding carboxylic acids is 1. The van der Waals surface area contributed by atoms with Gasteiger partial charge in [-0.2, -0.15) is 0 Å². The number of fused-ring (bicyclic) bond motifs is 1. The van der Waals surface area contributed by atoms with Crippen LogP contribution in [0.15, 0.2) is 24.4 Å². The third-order valence-electron chi connectivity index (χ3n) is 3.74. The van der Waals surface area contributed by atoms with Crippen molar-refractivity contribution in [1.82, 2.24) is 9.47 Å². The fourth-order valence-electron chi connectivity index (χ4n) is 2.74. The van der Waals surface area contributed by atoms with Gasteiger partial charge in [0.1, 0.15) is 0 Å². The summed E-state index contributed by atoms with van der Waals surface area (Å²) >= 11 is 6.07. The summed E-state index contributed by atoms with van der Waals surface area (Å²) in [6, 6.07) is 5.61. The second kappa shape index (κ2) is 5.56. The van der Waals surface area contributed by atoms with Gasteiger partial charge in [0.25, 0.3) is 0 Å². The second-order valence-corrected chi connectivity index (χ2v) is 5.71. The number of benzene rings is 1. The van der Waals surface area contributed by atoms with Crippen LogP contribution >= 0.6 is 11.6 Å². The van der Waals surface area contributed by atoms with Gasteiger partial charge in [0.15, 0.2) is 6.29 Å². The van der Waals surface area contributed by atoms with E-state index in [1.54, 1.807) is 0 Å². The Morgan fingerprint density at radius 2 is 2.35 bits per heavy atom. The van der Waals surface area contributed by atoms with E-state index in [1.807, 2.05) is 24.4 Å². The molecule has 20 heavy (non-hydrogen) atoms. The fourth-order valence-corrected chi connectivity index (χ4v) is 2.90. The molecule has 1 atom stereocenters. The number of hydrogen-bond donors (Lipinski definition) is 0. The van der Waals surface area contributed by atoms with Crippen LogP contribution in [0.25, 0.3) is 10.9 Å². The van der Waals surface area contributed by atoms with Crippen LogP contribution in [0.3, 0.4) is 0 Å². The Bertz CT molecular complexity index is 638. The number of ether oxygens (including phenoxy) is 1. The largest absolute Gasteiger partial charge is 0.374 e. The molecule has 0 aliphatic carbocycles. The van der Waals surface area contributed by atoms with Gasteiger partial charge in [-0.25, -0.2) is 0 Å². The number of aromatic nitrogens is 1. The molecule has 0 spiro atoms. The first kappa shape index (κ1) is 13.6. The Balaban J connectivity index is 1.94. The van der Waals surface area contributed by atoms with Crippen LogP contribution in [-0.4, -0.2) is 48.6 Å². The first-order valence-electron chi connectivity index (χ1n) is 6.71. The van der Waals surface area contributed by atoms with Gasteiger partial charge in [0, 0.05) is 35.3 Å². The Morgan fingerprint density at radius 1 is 1.50 bits per heavy atom. The van der Waals surface area contributed by atoms with Crippen LogP contribution in [0, 0.1) is 0 Å². The summed E-state index contributed by atoms with van der Waals surface area (Å²) in [5.41, 5.74) is 1.68. The minimum atomic E-state index is 0.142. The van der Waals surface area contributed by atoms with Crippen molar-refractivity contribution >= 4 is 28.8 Å². The van der Waals surface area contributed by atoms with Crippen LogP contribution in [0.5, 0.6) is 0 Å². The smallest absolute Gasteiger partial charge is 0.152 e. The van der Waals surface area contributed by atoms with E-state index in [4.69, 9.17) is 16.3 Å². The molecule has 1 aliphatic rings. The summed E-state index contributed by atoms with van der Waals surface area (Å²) in [6.45, 7) is 3.35. The minimum absolute atomic E-state index is 0.142. The normalized spacial score (nSPS) is 20.4. The minimum Gasteiger partial charge on any atom is -0.374 e. The van der Waals surface area contributed by atoms with Crippen LogP contribution in [0.4, 0.5) is 0 Å². The van der Waals surface area contributed by atoms with Crippen molar-refractivity contribution < 1.29 is 9.53 Å². The maximum absolute atomic E-state index is 11.2. The van der Waals surface area contributed by atoms with E-state index in [0.29, 0.717) is 10.6 Å². The SMILES string of the molecule is CN1CCOC(Cn2cc(C=O)c3ccc(Cl)cc32)C1. The van der Waals surface area contributed by atoms with E-state index in [-0.39, 0.29) is 6.10 Å². The zero-order valence-corrected chi connectivity index (χ0v) is 12.1. The summed E-state index contributed by atoms with van der Waals surface area (Å²) < 4.78 is 7.85. The highest BCUT2D eigenvalue weighted by molar-refractivity contribution is 6.31. The van der Waals surface area contributed by atoms with E-state index in [2.05, 4.69) is 16.5 Å². The lowest BCUT2D eigenvalue weighted by Gasteiger charge is -2.30. The first-order chi connectivity index (χ1) is 9.67. The summed E-state index contributed by atoms with van der Waals surface area (Å²) in [4.78, 5) is 13.4. The van der Waals surface area contributed by atoms with Crippen LogP contribution in [0.1, 0.15) is 10.4 Å². The van der Waals surface area contributed by atoms with Crippen molar-refractivity contribution in [2.24, 2.45) is 0 Å². The molecule has 1 aromatic carbocycles. The number of morpholine rings is 1. The predicted octanol–water partition coefficient (Wildman–Crippen LogP) is 2.44. The molecule has 1 fully saturated rings. The van der Waals surface area contributed by atoms with E-state index in [1.165, 1.54) is 0 Å². The van der Waals surface area contributed by atoms with Crippen molar-refractivity contribution in [3.05, 3.63) is 35.0 Å². The van der Waals surface area contributed by atoms with Gasteiger partial charge in [-0.1, -0.05) is 17.7 Å². The summed E-state index contributed by atoms with van der Waals surface area (Å²) in [6.07, 6.45) is 2.91. The molecule has 0 bridgehead atoms. The van der Waals surface area contributed by atoms with E-state index >= 15 is 0 Å². The Labute approximate surface area is 122 Å². The van der Waals surface area contributed by atoms with E-state index < -0.39 is 0 Å². The van der Waals surface area contributed by atoms with E-state index in [0.717, 1.165) is 43.4 Å². The number of aldehydes is 1. The Morgan fingerprint density at radius 3 is 3.10 bits per heavy atom. The van der Waals surface area contributed by atoms with Crippen LogP contribution in [0.2, 0.25) is 5.02 Å².